The summed E-state index contributed by atoms with van der Waals surface area (Å²) in [7, 11) is 0. The Kier molecular flexibility index (Phi) is 6.43. The average molecular weight is 351 g/mol. The van der Waals surface area contributed by atoms with Crippen molar-refractivity contribution in [1.29, 1.82) is 0 Å². The van der Waals surface area contributed by atoms with Crippen molar-refractivity contribution in [2.75, 3.05) is 11.1 Å². The Balaban J connectivity index is 1.78. The number of benzene rings is 1. The van der Waals surface area contributed by atoms with E-state index >= 15 is 0 Å². The summed E-state index contributed by atoms with van der Waals surface area (Å²) in [4.78, 5) is 28.6. The first-order chi connectivity index (χ1) is 11.0. The molecule has 2 aromatic rings. The molecule has 0 saturated heterocycles. The second-order valence-corrected chi connectivity index (χ2v) is 6.07. The number of pyridine rings is 1. The second-order valence-electron chi connectivity index (χ2n) is 4.58. The van der Waals surface area contributed by atoms with Crippen LogP contribution in [0.2, 0.25) is 5.02 Å². The minimum atomic E-state index is -0.906. The van der Waals surface area contributed by atoms with Crippen molar-refractivity contribution in [2.45, 2.75) is 17.9 Å². The molecule has 0 fully saturated rings. The van der Waals surface area contributed by atoms with Gasteiger partial charge in [-0.05, 0) is 31.2 Å². The number of nitrogens with one attached hydrogen (secondary N) is 1. The number of anilines is 1. The van der Waals surface area contributed by atoms with Crippen molar-refractivity contribution in [3.63, 3.8) is 0 Å². The lowest BCUT2D eigenvalue weighted by molar-refractivity contribution is -0.150. The molecule has 1 N–H and O–H groups in total. The maximum Gasteiger partial charge on any atom is 0.317 e. The van der Waals surface area contributed by atoms with Crippen LogP contribution in [0.25, 0.3) is 0 Å². The summed E-state index contributed by atoms with van der Waals surface area (Å²) in [6.45, 7) is 1.51. The molecule has 2 rings (SSSR count). The van der Waals surface area contributed by atoms with Gasteiger partial charge in [0.05, 0.1) is 10.8 Å². The van der Waals surface area contributed by atoms with Gasteiger partial charge in [0.2, 0.25) is 0 Å². The number of aromatic nitrogens is 1. The van der Waals surface area contributed by atoms with E-state index in [2.05, 4.69) is 10.3 Å². The molecule has 1 amide bonds. The zero-order valence-corrected chi connectivity index (χ0v) is 13.9. The lowest BCUT2D eigenvalue weighted by Gasteiger charge is -2.13. The molecule has 1 aromatic carbocycles. The second kappa shape index (κ2) is 8.55. The van der Waals surface area contributed by atoms with Gasteiger partial charge in [-0.15, -0.1) is 11.8 Å². The monoisotopic (exact) mass is 350 g/mol. The maximum atomic E-state index is 11.9. The smallest absolute Gasteiger partial charge is 0.317 e. The van der Waals surface area contributed by atoms with Crippen molar-refractivity contribution in [3.8, 4) is 0 Å². The number of amides is 1. The third-order valence-electron chi connectivity index (χ3n) is 2.76. The normalized spacial score (nSPS) is 11.6. The first-order valence-corrected chi connectivity index (χ1v) is 8.20. The first-order valence-electron chi connectivity index (χ1n) is 6.84. The Morgan fingerprint density at radius 3 is 2.65 bits per heavy atom. The number of ether oxygens (including phenoxy) is 1. The minimum Gasteiger partial charge on any atom is -0.452 e. The SMILES string of the molecule is CC(OC(=O)CSc1ccccc1)C(=O)Nc1ccc(Cl)cn1. The minimum absolute atomic E-state index is 0.140. The molecule has 0 aliphatic heterocycles. The molecule has 5 nitrogen and oxygen atoms in total. The van der Waals surface area contributed by atoms with Crippen LogP contribution in [-0.2, 0) is 14.3 Å². The fourth-order valence-electron chi connectivity index (χ4n) is 1.62. The molecule has 120 valence electrons. The van der Waals surface area contributed by atoms with Crippen LogP contribution >= 0.6 is 23.4 Å². The fraction of sp³-hybridized carbons (Fsp3) is 0.188. The largest absolute Gasteiger partial charge is 0.452 e. The Morgan fingerprint density at radius 2 is 2.00 bits per heavy atom. The van der Waals surface area contributed by atoms with Gasteiger partial charge in [0.1, 0.15) is 5.82 Å². The lowest BCUT2D eigenvalue weighted by atomic mass is 10.3. The molecule has 1 atom stereocenters. The summed E-state index contributed by atoms with van der Waals surface area (Å²) in [6.07, 6.45) is 0.515. The molecular formula is C16H15ClN2O3S. The van der Waals surface area contributed by atoms with Gasteiger partial charge < -0.3 is 10.1 Å². The van der Waals surface area contributed by atoms with Gasteiger partial charge in [0.25, 0.3) is 5.91 Å². The van der Waals surface area contributed by atoms with Crippen molar-refractivity contribution in [1.82, 2.24) is 4.98 Å². The Hall–Kier alpha value is -2.05. The summed E-state index contributed by atoms with van der Waals surface area (Å²) in [6, 6.07) is 12.7. The van der Waals surface area contributed by atoms with Gasteiger partial charge in [-0.3, -0.25) is 9.59 Å². The van der Waals surface area contributed by atoms with Crippen molar-refractivity contribution < 1.29 is 14.3 Å². The number of hydrogen-bond acceptors (Lipinski definition) is 5. The van der Waals surface area contributed by atoms with Crippen LogP contribution in [0.4, 0.5) is 5.82 Å². The molecule has 0 saturated carbocycles. The number of rotatable bonds is 6. The number of carbonyl (C=O) groups excluding carboxylic acids is 2. The molecule has 0 spiro atoms. The van der Waals surface area contributed by atoms with Gasteiger partial charge in [-0.25, -0.2) is 4.98 Å². The van der Waals surface area contributed by atoms with E-state index in [0.29, 0.717) is 10.8 Å². The predicted molar refractivity (Wildman–Crippen MR) is 90.6 cm³/mol. The van der Waals surface area contributed by atoms with Gasteiger partial charge in [-0.2, -0.15) is 0 Å². The molecule has 1 heterocycles. The van der Waals surface area contributed by atoms with E-state index in [1.807, 2.05) is 30.3 Å². The van der Waals surface area contributed by atoms with Crippen LogP contribution in [-0.4, -0.2) is 28.7 Å². The fourth-order valence-corrected chi connectivity index (χ4v) is 2.44. The standard InChI is InChI=1S/C16H15ClN2O3S/c1-11(16(21)19-14-8-7-12(17)9-18-14)22-15(20)10-23-13-5-3-2-4-6-13/h2-9,11H,10H2,1H3,(H,18,19,21). The molecule has 23 heavy (non-hydrogen) atoms. The van der Waals surface area contributed by atoms with Gasteiger partial charge in [-0.1, -0.05) is 29.8 Å². The highest BCUT2D eigenvalue weighted by atomic mass is 35.5. The maximum absolute atomic E-state index is 11.9. The van der Waals surface area contributed by atoms with Crippen molar-refractivity contribution >= 4 is 41.1 Å². The van der Waals surface area contributed by atoms with E-state index in [1.54, 1.807) is 12.1 Å². The van der Waals surface area contributed by atoms with Crippen LogP contribution < -0.4 is 5.32 Å². The average Bonchev–Trinajstić information content (AvgIpc) is 2.56. The van der Waals surface area contributed by atoms with E-state index in [1.165, 1.54) is 24.9 Å². The van der Waals surface area contributed by atoms with E-state index in [9.17, 15) is 9.59 Å². The van der Waals surface area contributed by atoms with Crippen LogP contribution in [0.3, 0.4) is 0 Å². The molecule has 1 unspecified atom stereocenters. The van der Waals surface area contributed by atoms with Crippen LogP contribution in [0.15, 0.2) is 53.6 Å². The van der Waals surface area contributed by atoms with Gasteiger partial charge in [0, 0.05) is 11.1 Å². The summed E-state index contributed by atoms with van der Waals surface area (Å²) >= 11 is 7.07. The van der Waals surface area contributed by atoms with Crippen LogP contribution in [0.1, 0.15) is 6.92 Å². The van der Waals surface area contributed by atoms with Gasteiger partial charge >= 0.3 is 5.97 Å². The zero-order chi connectivity index (χ0) is 16.7. The molecule has 0 radical (unpaired) electrons. The number of thioether (sulfide) groups is 1. The van der Waals surface area contributed by atoms with E-state index in [-0.39, 0.29) is 5.75 Å². The number of hydrogen-bond donors (Lipinski definition) is 1. The molecule has 1 aromatic heterocycles. The number of carbonyl (C=O) groups is 2. The first kappa shape index (κ1) is 17.3. The highest BCUT2D eigenvalue weighted by molar-refractivity contribution is 8.00. The molecule has 0 bridgehead atoms. The third-order valence-corrected chi connectivity index (χ3v) is 3.97. The number of nitrogens with zero attached hydrogens (tertiary/aromatic N) is 1. The lowest BCUT2D eigenvalue weighted by Crippen LogP contribution is -2.30. The van der Waals surface area contributed by atoms with Crippen molar-refractivity contribution in [3.05, 3.63) is 53.7 Å². The summed E-state index contributed by atoms with van der Waals surface area (Å²) in [5.74, 6) is -0.412. The quantitative estimate of drug-likeness (QED) is 0.638. The molecule has 0 aliphatic rings. The highest BCUT2D eigenvalue weighted by Crippen LogP contribution is 2.17. The number of esters is 1. The third kappa shape index (κ3) is 5.92. The predicted octanol–water partition coefficient (Wildman–Crippen LogP) is 3.40. The molecular weight excluding hydrogens is 336 g/mol. The Morgan fingerprint density at radius 1 is 1.26 bits per heavy atom. The van der Waals surface area contributed by atoms with Crippen molar-refractivity contribution in [2.24, 2.45) is 0 Å². The van der Waals surface area contributed by atoms with E-state index in [4.69, 9.17) is 16.3 Å². The number of halogens is 1. The molecule has 7 heteroatoms. The van der Waals surface area contributed by atoms with E-state index < -0.39 is 18.0 Å². The zero-order valence-electron chi connectivity index (χ0n) is 12.4. The summed E-state index contributed by atoms with van der Waals surface area (Å²) < 4.78 is 5.10. The van der Waals surface area contributed by atoms with Crippen LogP contribution in [0.5, 0.6) is 0 Å². The summed E-state index contributed by atoms with van der Waals surface area (Å²) in [5, 5.41) is 3.03. The summed E-state index contributed by atoms with van der Waals surface area (Å²) in [5.41, 5.74) is 0. The van der Waals surface area contributed by atoms with Crippen LogP contribution in [0, 0.1) is 0 Å². The highest BCUT2D eigenvalue weighted by Gasteiger charge is 2.18. The molecule has 0 aliphatic carbocycles. The van der Waals surface area contributed by atoms with E-state index in [0.717, 1.165) is 4.90 Å². The topological polar surface area (TPSA) is 68.3 Å². The van der Waals surface area contributed by atoms with Gasteiger partial charge in [0.15, 0.2) is 6.10 Å². The Labute approximate surface area is 143 Å². The Bertz CT molecular complexity index is 665.